The minimum Gasteiger partial charge on any atom is -0.383 e. The number of pyridine rings is 1. The molecule has 0 radical (unpaired) electrons. The Morgan fingerprint density at radius 1 is 1.40 bits per heavy atom. The fourth-order valence-corrected chi connectivity index (χ4v) is 2.81. The van der Waals surface area contributed by atoms with E-state index < -0.39 is 0 Å². The Morgan fingerprint density at radius 3 is 3.05 bits per heavy atom. The quantitative estimate of drug-likeness (QED) is 0.720. The second-order valence-electron chi connectivity index (χ2n) is 5.20. The molecule has 1 aromatic heterocycles. The van der Waals surface area contributed by atoms with Gasteiger partial charge in [0.2, 0.25) is 0 Å². The normalized spacial score (nSPS) is 22.1. The van der Waals surface area contributed by atoms with Crippen LogP contribution in [0.2, 0.25) is 0 Å². The van der Waals surface area contributed by atoms with Gasteiger partial charge in [0.1, 0.15) is 5.84 Å². The number of amidine groups is 1. The summed E-state index contributed by atoms with van der Waals surface area (Å²) in [5, 5.41) is 10.5. The van der Waals surface area contributed by atoms with Gasteiger partial charge in [-0.2, -0.15) is 0 Å². The second-order valence-corrected chi connectivity index (χ2v) is 5.20. The Morgan fingerprint density at radius 2 is 2.25 bits per heavy atom. The first kappa shape index (κ1) is 13.3. The van der Waals surface area contributed by atoms with Crippen LogP contribution in [0.5, 0.6) is 0 Å². The van der Waals surface area contributed by atoms with E-state index in [0.29, 0.717) is 13.2 Å². The average Bonchev–Trinajstić information content (AvgIpc) is 2.49. The van der Waals surface area contributed by atoms with E-state index in [9.17, 15) is 0 Å². The van der Waals surface area contributed by atoms with Crippen molar-refractivity contribution in [3.05, 3.63) is 18.3 Å². The number of nitrogens with zero attached hydrogens (tertiary/aromatic N) is 2. The number of anilines is 2. The molecule has 0 amide bonds. The van der Waals surface area contributed by atoms with E-state index in [4.69, 9.17) is 9.73 Å². The first-order chi connectivity index (χ1) is 9.84. The molecule has 2 aliphatic heterocycles. The van der Waals surface area contributed by atoms with Gasteiger partial charge < -0.3 is 20.7 Å². The molecule has 0 unspecified atom stereocenters. The second kappa shape index (κ2) is 5.76. The van der Waals surface area contributed by atoms with Crippen LogP contribution >= 0.6 is 0 Å². The summed E-state index contributed by atoms with van der Waals surface area (Å²) < 4.78 is 5.09. The molecular weight excluding hydrogens is 254 g/mol. The Labute approximate surface area is 119 Å². The van der Waals surface area contributed by atoms with Gasteiger partial charge >= 0.3 is 0 Å². The molecule has 1 saturated heterocycles. The molecule has 0 atom stereocenters. The van der Waals surface area contributed by atoms with Gasteiger partial charge in [0.15, 0.2) is 5.82 Å². The molecule has 1 fully saturated rings. The molecule has 0 aliphatic carbocycles. The number of ether oxygens (including phenoxy) is 1. The van der Waals surface area contributed by atoms with Crippen molar-refractivity contribution in [1.82, 2.24) is 10.3 Å². The van der Waals surface area contributed by atoms with E-state index in [2.05, 4.69) is 27.0 Å². The van der Waals surface area contributed by atoms with Crippen molar-refractivity contribution in [3.8, 4) is 0 Å². The number of aliphatic imine (C=N–C) groups is 1. The number of rotatable bonds is 3. The van der Waals surface area contributed by atoms with Gasteiger partial charge in [-0.15, -0.1) is 0 Å². The third kappa shape index (κ3) is 2.48. The van der Waals surface area contributed by atoms with E-state index in [1.807, 2.05) is 6.07 Å². The van der Waals surface area contributed by atoms with E-state index in [1.165, 1.54) is 0 Å². The summed E-state index contributed by atoms with van der Waals surface area (Å²) >= 11 is 0. The van der Waals surface area contributed by atoms with E-state index in [-0.39, 0.29) is 5.54 Å². The Balaban J connectivity index is 1.90. The van der Waals surface area contributed by atoms with Crippen LogP contribution in [0.4, 0.5) is 11.5 Å². The van der Waals surface area contributed by atoms with Crippen molar-refractivity contribution in [3.63, 3.8) is 0 Å². The molecule has 20 heavy (non-hydrogen) atoms. The lowest BCUT2D eigenvalue weighted by Gasteiger charge is -2.43. The molecule has 0 saturated carbocycles. The van der Waals surface area contributed by atoms with Crippen molar-refractivity contribution < 1.29 is 4.74 Å². The van der Waals surface area contributed by atoms with E-state index >= 15 is 0 Å². The first-order valence-corrected chi connectivity index (χ1v) is 7.09. The third-order valence-corrected chi connectivity index (χ3v) is 3.89. The molecule has 3 heterocycles. The predicted molar refractivity (Wildman–Crippen MR) is 80.5 cm³/mol. The van der Waals surface area contributed by atoms with Crippen LogP contribution in [0, 0.1) is 0 Å². The minimum absolute atomic E-state index is 0.102. The topological polar surface area (TPSA) is 70.6 Å². The third-order valence-electron chi connectivity index (χ3n) is 3.89. The van der Waals surface area contributed by atoms with Crippen molar-refractivity contribution in [2.24, 2.45) is 4.99 Å². The first-order valence-electron chi connectivity index (χ1n) is 7.09. The summed E-state index contributed by atoms with van der Waals surface area (Å²) in [4.78, 5) is 9.07. The number of fused-ring (bicyclic) bond motifs is 1. The number of hydrogen-bond donors (Lipinski definition) is 3. The Bertz CT molecular complexity index is 496. The van der Waals surface area contributed by atoms with Crippen LogP contribution in [0.15, 0.2) is 23.3 Å². The van der Waals surface area contributed by atoms with Crippen molar-refractivity contribution in [1.29, 1.82) is 0 Å². The van der Waals surface area contributed by atoms with Gasteiger partial charge in [-0.25, -0.2) is 4.98 Å². The summed E-state index contributed by atoms with van der Waals surface area (Å²) in [5.74, 6) is 1.84. The van der Waals surface area contributed by atoms with E-state index in [1.54, 1.807) is 13.3 Å². The number of aromatic nitrogens is 1. The molecule has 0 aromatic carbocycles. The molecule has 3 N–H and O–H groups in total. The van der Waals surface area contributed by atoms with Crippen molar-refractivity contribution in [2.75, 3.05) is 44.0 Å². The molecule has 6 heteroatoms. The molecule has 2 aliphatic rings. The lowest BCUT2D eigenvalue weighted by atomic mass is 9.85. The van der Waals surface area contributed by atoms with Crippen molar-refractivity contribution >= 4 is 17.3 Å². The number of piperidine rings is 1. The largest absolute Gasteiger partial charge is 0.383 e. The van der Waals surface area contributed by atoms with Crippen molar-refractivity contribution in [2.45, 2.75) is 18.4 Å². The molecule has 6 nitrogen and oxygen atoms in total. The Kier molecular flexibility index (Phi) is 3.84. The van der Waals surface area contributed by atoms with Crippen LogP contribution in [0.25, 0.3) is 0 Å². The van der Waals surface area contributed by atoms with Gasteiger partial charge in [-0.05, 0) is 38.1 Å². The standard InChI is InChI=1S/C14H21N5O/c1-20-10-9-17-13-14(4-7-15-8-5-14)19-11-3-2-6-16-12(11)18-13/h2-3,6,15,19H,4-5,7-10H2,1H3,(H,16,17,18). The van der Waals surface area contributed by atoms with Crippen LogP contribution in [-0.2, 0) is 4.74 Å². The maximum Gasteiger partial charge on any atom is 0.154 e. The van der Waals surface area contributed by atoms with Gasteiger partial charge in [0.25, 0.3) is 0 Å². The molecular formula is C14H21N5O. The molecule has 0 bridgehead atoms. The van der Waals surface area contributed by atoms with Crippen LogP contribution in [0.3, 0.4) is 0 Å². The summed E-state index contributed by atoms with van der Waals surface area (Å²) in [7, 11) is 1.70. The molecule has 3 rings (SSSR count). The summed E-state index contributed by atoms with van der Waals surface area (Å²) in [6, 6.07) is 4.01. The summed E-state index contributed by atoms with van der Waals surface area (Å²) in [6.45, 7) is 3.29. The van der Waals surface area contributed by atoms with E-state index in [0.717, 1.165) is 43.3 Å². The summed E-state index contributed by atoms with van der Waals surface area (Å²) in [5.41, 5.74) is 0.953. The molecule has 1 spiro atoms. The zero-order valence-corrected chi connectivity index (χ0v) is 11.8. The molecule has 108 valence electrons. The number of nitrogens with one attached hydrogen (secondary N) is 3. The fourth-order valence-electron chi connectivity index (χ4n) is 2.81. The summed E-state index contributed by atoms with van der Waals surface area (Å²) in [6.07, 6.45) is 3.82. The SMILES string of the molecule is COCCN=C1Nc2ncccc2NC12CCNCC2. The predicted octanol–water partition coefficient (Wildman–Crippen LogP) is 1.09. The lowest BCUT2D eigenvalue weighted by molar-refractivity contribution is 0.207. The molecule has 1 aromatic rings. The zero-order valence-electron chi connectivity index (χ0n) is 11.8. The van der Waals surface area contributed by atoms with Gasteiger partial charge in [0.05, 0.1) is 24.4 Å². The number of methoxy groups -OCH3 is 1. The maximum absolute atomic E-state index is 5.09. The van der Waals surface area contributed by atoms with Gasteiger partial charge in [-0.3, -0.25) is 4.99 Å². The average molecular weight is 275 g/mol. The number of hydrogen-bond acceptors (Lipinski definition) is 5. The highest BCUT2D eigenvalue weighted by Crippen LogP contribution is 2.34. The fraction of sp³-hybridized carbons (Fsp3) is 0.571. The highest BCUT2D eigenvalue weighted by Gasteiger charge is 2.41. The highest BCUT2D eigenvalue weighted by atomic mass is 16.5. The maximum atomic E-state index is 5.09. The van der Waals surface area contributed by atoms with Crippen LogP contribution in [-0.4, -0.2) is 49.7 Å². The van der Waals surface area contributed by atoms with Crippen LogP contribution in [0.1, 0.15) is 12.8 Å². The highest BCUT2D eigenvalue weighted by molar-refractivity contribution is 6.08. The smallest absolute Gasteiger partial charge is 0.154 e. The van der Waals surface area contributed by atoms with Gasteiger partial charge in [0, 0.05) is 13.3 Å². The van der Waals surface area contributed by atoms with Crippen LogP contribution < -0.4 is 16.0 Å². The zero-order chi connectivity index (χ0) is 13.8. The van der Waals surface area contributed by atoms with Gasteiger partial charge in [-0.1, -0.05) is 0 Å². The monoisotopic (exact) mass is 275 g/mol. The lowest BCUT2D eigenvalue weighted by Crippen LogP contribution is -2.58. The minimum atomic E-state index is -0.102. The Hall–Kier alpha value is -1.66.